The molecule has 0 radical (unpaired) electrons. The minimum Gasteiger partial charge on any atom is -0.508 e. The molecule has 0 bridgehead atoms. The van der Waals surface area contributed by atoms with E-state index in [1.165, 1.54) is 6.42 Å². The van der Waals surface area contributed by atoms with E-state index in [9.17, 15) is 9.90 Å². The Balaban J connectivity index is 1.83. The number of hydrogen-bond donors (Lipinski definition) is 3. The highest BCUT2D eigenvalue weighted by Crippen LogP contribution is 2.29. The van der Waals surface area contributed by atoms with Crippen molar-refractivity contribution in [2.75, 3.05) is 0 Å². The van der Waals surface area contributed by atoms with E-state index >= 15 is 0 Å². The zero-order chi connectivity index (χ0) is 15.4. The molecule has 1 aliphatic rings. The van der Waals surface area contributed by atoms with Crippen molar-refractivity contribution in [2.45, 2.75) is 51.6 Å². The van der Waals surface area contributed by atoms with Crippen LogP contribution in [0, 0.1) is 11.8 Å². The molecule has 1 saturated carbocycles. The van der Waals surface area contributed by atoms with E-state index in [-0.39, 0.29) is 17.7 Å². The summed E-state index contributed by atoms with van der Waals surface area (Å²) < 4.78 is 0. The van der Waals surface area contributed by atoms with Gasteiger partial charge in [0.15, 0.2) is 0 Å². The highest BCUT2D eigenvalue weighted by molar-refractivity contribution is 5.82. The third-order valence-electron chi connectivity index (χ3n) is 4.67. The first-order valence-electron chi connectivity index (χ1n) is 7.79. The van der Waals surface area contributed by atoms with Crippen molar-refractivity contribution in [3.05, 3.63) is 29.8 Å². The number of carbonyl (C=O) groups excluding carboxylic acids is 1. The summed E-state index contributed by atoms with van der Waals surface area (Å²) in [5.74, 6) is 1.54. The van der Waals surface area contributed by atoms with Gasteiger partial charge in [-0.1, -0.05) is 26.0 Å². The number of rotatable bonds is 4. The fourth-order valence-electron chi connectivity index (χ4n) is 2.97. The first-order chi connectivity index (χ1) is 9.95. The van der Waals surface area contributed by atoms with Crippen LogP contribution in [0.25, 0.3) is 0 Å². The van der Waals surface area contributed by atoms with Gasteiger partial charge < -0.3 is 16.2 Å². The Morgan fingerprint density at radius 2 is 1.95 bits per heavy atom. The number of carbonyl (C=O) groups is 1. The number of hydrogen-bond acceptors (Lipinski definition) is 3. The molecule has 0 aromatic heterocycles. The topological polar surface area (TPSA) is 75.4 Å². The molecule has 3 unspecified atom stereocenters. The van der Waals surface area contributed by atoms with Gasteiger partial charge in [-0.15, -0.1) is 0 Å². The number of phenols is 1. The van der Waals surface area contributed by atoms with Gasteiger partial charge in [0.25, 0.3) is 0 Å². The van der Waals surface area contributed by atoms with Crippen LogP contribution in [0.2, 0.25) is 0 Å². The molecule has 4 nitrogen and oxygen atoms in total. The van der Waals surface area contributed by atoms with Gasteiger partial charge in [-0.2, -0.15) is 0 Å². The maximum Gasteiger partial charge on any atom is 0.237 e. The predicted molar refractivity (Wildman–Crippen MR) is 83.9 cm³/mol. The quantitative estimate of drug-likeness (QED) is 0.795. The van der Waals surface area contributed by atoms with E-state index in [0.29, 0.717) is 12.3 Å². The van der Waals surface area contributed by atoms with Crippen molar-refractivity contribution in [2.24, 2.45) is 17.6 Å². The van der Waals surface area contributed by atoms with Gasteiger partial charge in [-0.3, -0.25) is 4.79 Å². The number of amides is 1. The first kappa shape index (κ1) is 15.8. The summed E-state index contributed by atoms with van der Waals surface area (Å²) in [6, 6.07) is 6.55. The average molecular weight is 290 g/mol. The lowest BCUT2D eigenvalue weighted by Gasteiger charge is -2.33. The van der Waals surface area contributed by atoms with Crippen LogP contribution in [0.5, 0.6) is 5.75 Å². The monoisotopic (exact) mass is 290 g/mol. The van der Waals surface area contributed by atoms with Crippen LogP contribution in [0.1, 0.15) is 38.7 Å². The van der Waals surface area contributed by atoms with E-state index in [1.54, 1.807) is 24.3 Å². The van der Waals surface area contributed by atoms with Gasteiger partial charge in [-0.25, -0.2) is 0 Å². The number of benzene rings is 1. The number of aromatic hydroxyl groups is 1. The fourth-order valence-corrected chi connectivity index (χ4v) is 2.97. The van der Waals surface area contributed by atoms with Crippen molar-refractivity contribution in [1.82, 2.24) is 5.32 Å². The standard InChI is InChI=1S/C17H26N2O2/c1-11-3-6-14(9-12(11)2)19-17(21)16(18)10-13-4-7-15(20)8-5-13/h4-5,7-8,11-12,14,16,20H,3,6,9-10,18H2,1-2H3,(H,19,21)/t11?,12?,14?,16-/m1/s1. The molecule has 0 aliphatic heterocycles. The van der Waals surface area contributed by atoms with Crippen LogP contribution in [-0.2, 0) is 11.2 Å². The summed E-state index contributed by atoms with van der Waals surface area (Å²) in [4.78, 5) is 12.2. The molecule has 4 N–H and O–H groups in total. The van der Waals surface area contributed by atoms with Crippen LogP contribution in [-0.4, -0.2) is 23.1 Å². The molecule has 0 spiro atoms. The molecule has 116 valence electrons. The molecular formula is C17H26N2O2. The maximum absolute atomic E-state index is 12.2. The molecule has 1 aliphatic carbocycles. The minimum atomic E-state index is -0.538. The van der Waals surface area contributed by atoms with E-state index in [1.807, 2.05) is 0 Å². The molecule has 1 aromatic carbocycles. The predicted octanol–water partition coefficient (Wildman–Crippen LogP) is 2.20. The smallest absolute Gasteiger partial charge is 0.237 e. The molecule has 1 aromatic rings. The summed E-state index contributed by atoms with van der Waals surface area (Å²) >= 11 is 0. The van der Waals surface area contributed by atoms with Crippen LogP contribution in [0.4, 0.5) is 0 Å². The van der Waals surface area contributed by atoms with Crippen molar-refractivity contribution in [1.29, 1.82) is 0 Å². The lowest BCUT2D eigenvalue weighted by molar-refractivity contribution is -0.123. The van der Waals surface area contributed by atoms with Crippen LogP contribution >= 0.6 is 0 Å². The van der Waals surface area contributed by atoms with Crippen molar-refractivity contribution in [3.8, 4) is 5.75 Å². The van der Waals surface area contributed by atoms with E-state index in [0.717, 1.165) is 24.3 Å². The molecule has 1 amide bonds. The van der Waals surface area contributed by atoms with Gasteiger partial charge in [-0.05, 0) is 55.2 Å². The molecule has 4 atom stereocenters. The maximum atomic E-state index is 12.2. The van der Waals surface area contributed by atoms with E-state index in [2.05, 4.69) is 19.2 Å². The summed E-state index contributed by atoms with van der Waals surface area (Å²) in [5.41, 5.74) is 6.95. The molecule has 1 fully saturated rings. The van der Waals surface area contributed by atoms with Crippen LogP contribution in [0.15, 0.2) is 24.3 Å². The lowest BCUT2D eigenvalue weighted by Crippen LogP contribution is -2.48. The lowest BCUT2D eigenvalue weighted by atomic mass is 9.79. The second-order valence-electron chi connectivity index (χ2n) is 6.45. The Morgan fingerprint density at radius 1 is 1.29 bits per heavy atom. The number of phenolic OH excluding ortho intramolecular Hbond substituents is 1. The summed E-state index contributed by atoms with van der Waals surface area (Å²) in [6.07, 6.45) is 3.74. The van der Waals surface area contributed by atoms with E-state index in [4.69, 9.17) is 5.73 Å². The Labute approximate surface area is 126 Å². The SMILES string of the molecule is CC1CCC(NC(=O)[C@H](N)Cc2ccc(O)cc2)CC1C. The van der Waals surface area contributed by atoms with Crippen LogP contribution < -0.4 is 11.1 Å². The Hall–Kier alpha value is -1.55. The molecule has 0 heterocycles. The molecule has 0 saturated heterocycles. The third-order valence-corrected chi connectivity index (χ3v) is 4.67. The van der Waals surface area contributed by atoms with Gasteiger partial charge in [0.05, 0.1) is 6.04 Å². The summed E-state index contributed by atoms with van der Waals surface area (Å²) in [6.45, 7) is 4.53. The molecule has 2 rings (SSSR count). The van der Waals surface area contributed by atoms with Gasteiger partial charge in [0.2, 0.25) is 5.91 Å². The van der Waals surface area contributed by atoms with Gasteiger partial charge in [0, 0.05) is 6.04 Å². The summed E-state index contributed by atoms with van der Waals surface area (Å²) in [5, 5.41) is 12.3. The van der Waals surface area contributed by atoms with Crippen molar-refractivity contribution < 1.29 is 9.90 Å². The number of nitrogens with two attached hydrogens (primary N) is 1. The average Bonchev–Trinajstić information content (AvgIpc) is 2.45. The Morgan fingerprint density at radius 3 is 2.57 bits per heavy atom. The second-order valence-corrected chi connectivity index (χ2v) is 6.45. The van der Waals surface area contributed by atoms with Crippen molar-refractivity contribution in [3.63, 3.8) is 0 Å². The highest BCUT2D eigenvalue weighted by atomic mass is 16.3. The van der Waals surface area contributed by atoms with Crippen molar-refractivity contribution >= 4 is 5.91 Å². The minimum absolute atomic E-state index is 0.0742. The Bertz CT molecular complexity index is 472. The Kier molecular flexibility index (Phi) is 5.23. The summed E-state index contributed by atoms with van der Waals surface area (Å²) in [7, 11) is 0. The fraction of sp³-hybridized carbons (Fsp3) is 0.588. The van der Waals surface area contributed by atoms with Gasteiger partial charge >= 0.3 is 0 Å². The highest BCUT2D eigenvalue weighted by Gasteiger charge is 2.26. The first-order valence-corrected chi connectivity index (χ1v) is 7.79. The zero-order valence-corrected chi connectivity index (χ0v) is 12.9. The van der Waals surface area contributed by atoms with Crippen LogP contribution in [0.3, 0.4) is 0 Å². The number of nitrogens with one attached hydrogen (secondary N) is 1. The molecule has 4 heteroatoms. The largest absolute Gasteiger partial charge is 0.508 e. The third kappa shape index (κ3) is 4.46. The normalized spacial score (nSPS) is 27.1. The second kappa shape index (κ2) is 6.94. The molecular weight excluding hydrogens is 264 g/mol. The zero-order valence-electron chi connectivity index (χ0n) is 12.9. The van der Waals surface area contributed by atoms with Gasteiger partial charge in [0.1, 0.15) is 5.75 Å². The van der Waals surface area contributed by atoms with E-state index < -0.39 is 6.04 Å². The molecule has 21 heavy (non-hydrogen) atoms.